The van der Waals surface area contributed by atoms with Crippen molar-refractivity contribution in [2.24, 2.45) is 0 Å². The summed E-state index contributed by atoms with van der Waals surface area (Å²) in [4.78, 5) is 10.8. The van der Waals surface area contributed by atoms with Crippen LogP contribution in [0.2, 0.25) is 0 Å². The van der Waals surface area contributed by atoms with Gasteiger partial charge in [0, 0.05) is 18.1 Å². The second-order valence-corrected chi connectivity index (χ2v) is 5.11. The lowest BCUT2D eigenvalue weighted by Crippen LogP contribution is -2.04. The summed E-state index contributed by atoms with van der Waals surface area (Å²) in [5.41, 5.74) is 2.10. The van der Waals surface area contributed by atoms with Gasteiger partial charge in [-0.3, -0.25) is 10.1 Å². The number of nitrogens with zero attached hydrogens (tertiary/aromatic N) is 1. The molecule has 0 saturated heterocycles. The number of para-hydroxylation sites is 1. The first-order valence-corrected chi connectivity index (χ1v) is 6.84. The van der Waals surface area contributed by atoms with E-state index in [1.807, 2.05) is 24.3 Å². The van der Waals surface area contributed by atoms with Crippen LogP contribution >= 0.6 is 15.9 Å². The smallest absolute Gasteiger partial charge is 0.315 e. The van der Waals surface area contributed by atoms with Gasteiger partial charge < -0.3 is 10.6 Å². The molecule has 0 bridgehead atoms. The SMILES string of the molecule is CNc1cccc(NCc2cccc(Br)c2)c1[N+](=O)[O-]. The first-order valence-electron chi connectivity index (χ1n) is 6.05. The van der Waals surface area contributed by atoms with Crippen molar-refractivity contribution in [3.05, 3.63) is 62.6 Å². The third-order valence-corrected chi connectivity index (χ3v) is 3.35. The van der Waals surface area contributed by atoms with Gasteiger partial charge in [0.25, 0.3) is 0 Å². The molecule has 2 N–H and O–H groups in total. The van der Waals surface area contributed by atoms with E-state index < -0.39 is 0 Å². The molecule has 6 heteroatoms. The fourth-order valence-corrected chi connectivity index (χ4v) is 2.38. The molecule has 5 nitrogen and oxygen atoms in total. The zero-order valence-electron chi connectivity index (χ0n) is 10.9. The van der Waals surface area contributed by atoms with Crippen molar-refractivity contribution in [2.75, 3.05) is 17.7 Å². The van der Waals surface area contributed by atoms with Crippen molar-refractivity contribution < 1.29 is 4.92 Å². The van der Waals surface area contributed by atoms with Crippen molar-refractivity contribution in [1.82, 2.24) is 0 Å². The van der Waals surface area contributed by atoms with Crippen molar-refractivity contribution >= 4 is 33.0 Å². The molecule has 0 aliphatic carbocycles. The first-order chi connectivity index (χ1) is 9.61. The molecule has 2 rings (SSSR count). The maximum absolute atomic E-state index is 11.2. The van der Waals surface area contributed by atoms with E-state index in [9.17, 15) is 10.1 Å². The Hall–Kier alpha value is -2.08. The van der Waals surface area contributed by atoms with Gasteiger partial charge in [0.1, 0.15) is 11.4 Å². The van der Waals surface area contributed by atoms with Gasteiger partial charge in [-0.25, -0.2) is 0 Å². The molecule has 20 heavy (non-hydrogen) atoms. The fraction of sp³-hybridized carbons (Fsp3) is 0.143. The van der Waals surface area contributed by atoms with Crippen LogP contribution in [-0.2, 0) is 6.54 Å². The van der Waals surface area contributed by atoms with E-state index in [0.717, 1.165) is 10.0 Å². The summed E-state index contributed by atoms with van der Waals surface area (Å²) in [6.45, 7) is 0.521. The Morgan fingerprint density at radius 3 is 2.55 bits per heavy atom. The molecule has 0 radical (unpaired) electrons. The predicted molar refractivity (Wildman–Crippen MR) is 84.1 cm³/mol. The number of halogens is 1. The van der Waals surface area contributed by atoms with Crippen LogP contribution in [0.3, 0.4) is 0 Å². The number of hydrogen-bond donors (Lipinski definition) is 2. The Balaban J connectivity index is 2.23. The van der Waals surface area contributed by atoms with Gasteiger partial charge in [-0.05, 0) is 29.8 Å². The summed E-state index contributed by atoms with van der Waals surface area (Å²) < 4.78 is 0.982. The molecule has 0 spiro atoms. The zero-order chi connectivity index (χ0) is 14.5. The summed E-state index contributed by atoms with van der Waals surface area (Å²) in [5, 5.41) is 17.1. The van der Waals surface area contributed by atoms with Gasteiger partial charge >= 0.3 is 5.69 Å². The van der Waals surface area contributed by atoms with E-state index in [1.54, 1.807) is 25.2 Å². The normalized spacial score (nSPS) is 10.1. The Kier molecular flexibility index (Phi) is 4.57. The van der Waals surface area contributed by atoms with Crippen LogP contribution in [0, 0.1) is 10.1 Å². The van der Waals surface area contributed by atoms with Gasteiger partial charge in [-0.15, -0.1) is 0 Å². The number of rotatable bonds is 5. The van der Waals surface area contributed by atoms with Crippen LogP contribution in [0.15, 0.2) is 46.9 Å². The molecule has 0 aliphatic rings. The predicted octanol–water partition coefficient (Wildman–Crippen LogP) is 4.01. The molecular formula is C14H14BrN3O2. The highest BCUT2D eigenvalue weighted by molar-refractivity contribution is 9.10. The lowest BCUT2D eigenvalue weighted by atomic mass is 10.2. The van der Waals surface area contributed by atoms with Crippen molar-refractivity contribution in [3.63, 3.8) is 0 Å². The molecule has 0 atom stereocenters. The summed E-state index contributed by atoms with van der Waals surface area (Å²) in [6, 6.07) is 13.0. The van der Waals surface area contributed by atoms with Gasteiger partial charge in [0.2, 0.25) is 0 Å². The lowest BCUT2D eigenvalue weighted by molar-refractivity contribution is -0.383. The minimum atomic E-state index is -0.380. The van der Waals surface area contributed by atoms with Crippen LogP contribution in [0.5, 0.6) is 0 Å². The second-order valence-electron chi connectivity index (χ2n) is 4.19. The molecule has 0 aliphatic heterocycles. The zero-order valence-corrected chi connectivity index (χ0v) is 12.5. The molecule has 2 aromatic rings. The highest BCUT2D eigenvalue weighted by Gasteiger charge is 2.18. The maximum atomic E-state index is 11.2. The third-order valence-electron chi connectivity index (χ3n) is 2.86. The summed E-state index contributed by atoms with van der Waals surface area (Å²) >= 11 is 3.40. The van der Waals surface area contributed by atoms with E-state index in [0.29, 0.717) is 17.9 Å². The quantitative estimate of drug-likeness (QED) is 0.639. The van der Waals surface area contributed by atoms with Gasteiger partial charge in [0.05, 0.1) is 4.92 Å². The Bertz CT molecular complexity index is 632. The highest BCUT2D eigenvalue weighted by atomic mass is 79.9. The van der Waals surface area contributed by atoms with Crippen molar-refractivity contribution in [1.29, 1.82) is 0 Å². The molecule has 0 unspecified atom stereocenters. The number of benzene rings is 2. The van der Waals surface area contributed by atoms with Crippen LogP contribution in [0.1, 0.15) is 5.56 Å². The van der Waals surface area contributed by atoms with Crippen LogP contribution in [-0.4, -0.2) is 12.0 Å². The summed E-state index contributed by atoms with van der Waals surface area (Å²) in [5.74, 6) is 0. The van der Waals surface area contributed by atoms with Crippen molar-refractivity contribution in [3.8, 4) is 0 Å². The monoisotopic (exact) mass is 335 g/mol. The second kappa shape index (κ2) is 6.38. The number of nitro groups is 1. The van der Waals surface area contributed by atoms with Crippen LogP contribution < -0.4 is 10.6 Å². The fourth-order valence-electron chi connectivity index (χ4n) is 1.93. The standard InChI is InChI=1S/C14H14BrN3O2/c1-16-12-6-3-7-13(14(12)18(19)20)17-9-10-4-2-5-11(15)8-10/h2-8,16-17H,9H2,1H3. The van der Waals surface area contributed by atoms with E-state index in [-0.39, 0.29) is 10.6 Å². The van der Waals surface area contributed by atoms with Gasteiger partial charge in [-0.2, -0.15) is 0 Å². The van der Waals surface area contributed by atoms with E-state index in [4.69, 9.17) is 0 Å². The molecule has 0 fully saturated rings. The summed E-state index contributed by atoms with van der Waals surface area (Å²) in [7, 11) is 1.67. The van der Waals surface area contributed by atoms with E-state index in [2.05, 4.69) is 26.6 Å². The highest BCUT2D eigenvalue weighted by Crippen LogP contribution is 2.32. The molecule has 104 valence electrons. The van der Waals surface area contributed by atoms with E-state index >= 15 is 0 Å². The molecule has 2 aromatic carbocycles. The molecule has 0 aromatic heterocycles. The largest absolute Gasteiger partial charge is 0.382 e. The molecule has 0 heterocycles. The first kappa shape index (κ1) is 14.3. The third kappa shape index (κ3) is 3.27. The number of nitro benzene ring substituents is 1. The molecular weight excluding hydrogens is 322 g/mol. The topological polar surface area (TPSA) is 67.2 Å². The van der Waals surface area contributed by atoms with Gasteiger partial charge in [-0.1, -0.05) is 34.1 Å². The Labute approximate surface area is 125 Å². The molecule has 0 saturated carbocycles. The lowest BCUT2D eigenvalue weighted by Gasteiger charge is -2.10. The Morgan fingerprint density at radius 2 is 1.90 bits per heavy atom. The number of hydrogen-bond acceptors (Lipinski definition) is 4. The van der Waals surface area contributed by atoms with Gasteiger partial charge in [0.15, 0.2) is 0 Å². The van der Waals surface area contributed by atoms with E-state index in [1.165, 1.54) is 0 Å². The average Bonchev–Trinajstić information content (AvgIpc) is 2.44. The minimum Gasteiger partial charge on any atom is -0.382 e. The molecule has 0 amide bonds. The van der Waals surface area contributed by atoms with Crippen LogP contribution in [0.4, 0.5) is 17.1 Å². The maximum Gasteiger partial charge on any atom is 0.315 e. The van der Waals surface area contributed by atoms with Crippen molar-refractivity contribution in [2.45, 2.75) is 6.54 Å². The average molecular weight is 336 g/mol. The van der Waals surface area contributed by atoms with Crippen LogP contribution in [0.25, 0.3) is 0 Å². The summed E-state index contributed by atoms with van der Waals surface area (Å²) in [6.07, 6.45) is 0. The Morgan fingerprint density at radius 1 is 1.20 bits per heavy atom. The number of anilines is 2. The number of nitrogens with one attached hydrogen (secondary N) is 2. The minimum absolute atomic E-state index is 0.0602.